The van der Waals surface area contributed by atoms with Crippen LogP contribution in [0.2, 0.25) is 0 Å². The lowest BCUT2D eigenvalue weighted by Crippen LogP contribution is -2.60. The van der Waals surface area contributed by atoms with Crippen molar-refractivity contribution >= 4 is 29.6 Å². The molecule has 35 heavy (non-hydrogen) atoms. The van der Waals surface area contributed by atoms with Crippen LogP contribution in [0.4, 0.5) is 0 Å². The third-order valence-corrected chi connectivity index (χ3v) is 5.60. The van der Waals surface area contributed by atoms with Crippen LogP contribution in [0.3, 0.4) is 0 Å². The number of aliphatic hydroxyl groups excluding tert-OH is 3. The molecule has 0 spiro atoms. The Bertz CT molecular complexity index is 776. The third-order valence-electron chi connectivity index (χ3n) is 5.60. The van der Waals surface area contributed by atoms with Gasteiger partial charge in [0.15, 0.2) is 0 Å². The van der Waals surface area contributed by atoms with Gasteiger partial charge in [-0.1, -0.05) is 13.8 Å². The molecule has 6 atom stereocenters. The second-order valence-electron chi connectivity index (χ2n) is 8.97. The van der Waals surface area contributed by atoms with Crippen molar-refractivity contribution in [2.45, 2.75) is 76.3 Å². The average Bonchev–Trinajstić information content (AvgIpc) is 3.28. The van der Waals surface area contributed by atoms with E-state index in [2.05, 4.69) is 16.0 Å². The number of rotatable bonds is 13. The minimum atomic E-state index is -1.53. The summed E-state index contributed by atoms with van der Waals surface area (Å²) in [7, 11) is 0. The lowest BCUT2D eigenvalue weighted by Gasteiger charge is -2.29. The fourth-order valence-electron chi connectivity index (χ4n) is 3.60. The number of carboxylic acids is 1. The molecule has 0 bridgehead atoms. The van der Waals surface area contributed by atoms with Crippen LogP contribution >= 0.6 is 0 Å². The number of carbonyl (C=O) groups excluding carboxylic acids is 4. The van der Waals surface area contributed by atoms with Crippen LogP contribution in [0.1, 0.15) is 40.0 Å². The maximum absolute atomic E-state index is 13.0. The second-order valence-corrected chi connectivity index (χ2v) is 8.97. The predicted molar refractivity (Wildman–Crippen MR) is 121 cm³/mol. The number of aliphatic carboxylic acids is 1. The lowest BCUT2D eigenvalue weighted by atomic mass is 10.0. The first-order chi connectivity index (χ1) is 16.3. The molecule has 0 aromatic heterocycles. The van der Waals surface area contributed by atoms with Crippen molar-refractivity contribution in [3.05, 3.63) is 0 Å². The monoisotopic (exact) mass is 503 g/mol. The van der Waals surface area contributed by atoms with Crippen LogP contribution in [0, 0.1) is 5.92 Å². The highest BCUT2D eigenvalue weighted by Gasteiger charge is 2.38. The maximum atomic E-state index is 13.0. The molecule has 1 fully saturated rings. The van der Waals surface area contributed by atoms with Gasteiger partial charge in [0, 0.05) is 6.54 Å². The molecule has 14 heteroatoms. The van der Waals surface area contributed by atoms with E-state index < -0.39 is 79.1 Å². The summed E-state index contributed by atoms with van der Waals surface area (Å²) in [5, 5.41) is 44.7. The molecule has 0 unspecified atom stereocenters. The molecule has 1 rings (SSSR count). The molecule has 0 saturated carbocycles. The van der Waals surface area contributed by atoms with Gasteiger partial charge < -0.3 is 47.0 Å². The lowest BCUT2D eigenvalue weighted by molar-refractivity contribution is -0.149. The number of carboxylic acid groups (broad SMARTS) is 1. The quantitative estimate of drug-likeness (QED) is 0.122. The van der Waals surface area contributed by atoms with Gasteiger partial charge in [-0.25, -0.2) is 4.79 Å². The Kier molecular flexibility index (Phi) is 12.0. The van der Waals surface area contributed by atoms with Crippen LogP contribution < -0.4 is 21.7 Å². The number of likely N-dealkylation sites (tertiary alicyclic amines) is 1. The molecule has 0 aromatic carbocycles. The van der Waals surface area contributed by atoms with Crippen molar-refractivity contribution in [1.82, 2.24) is 20.9 Å². The van der Waals surface area contributed by atoms with Crippen LogP contribution in [0.5, 0.6) is 0 Å². The summed E-state index contributed by atoms with van der Waals surface area (Å²) < 4.78 is 0. The van der Waals surface area contributed by atoms with Crippen molar-refractivity contribution in [3.63, 3.8) is 0 Å². The minimum absolute atomic E-state index is 0.0515. The number of aliphatic hydroxyl groups is 3. The topological polar surface area (TPSA) is 232 Å². The van der Waals surface area contributed by atoms with Gasteiger partial charge in [0.25, 0.3) is 0 Å². The van der Waals surface area contributed by atoms with Crippen LogP contribution in [-0.2, 0) is 24.0 Å². The highest BCUT2D eigenvalue weighted by atomic mass is 16.4. The molecule has 4 amide bonds. The Balaban J connectivity index is 2.91. The first-order valence-electron chi connectivity index (χ1n) is 11.4. The minimum Gasteiger partial charge on any atom is -0.480 e. The molecular weight excluding hydrogens is 466 g/mol. The number of hydrogen-bond donors (Lipinski definition) is 8. The first kappa shape index (κ1) is 30.2. The van der Waals surface area contributed by atoms with Gasteiger partial charge in [-0.05, 0) is 32.1 Å². The molecule has 1 saturated heterocycles. The van der Waals surface area contributed by atoms with E-state index in [-0.39, 0.29) is 18.9 Å². The molecule has 14 nitrogen and oxygen atoms in total. The Hall–Kier alpha value is -2.81. The Morgan fingerprint density at radius 3 is 1.83 bits per heavy atom. The summed E-state index contributed by atoms with van der Waals surface area (Å²) in [6.45, 7) is 3.39. The van der Waals surface area contributed by atoms with Crippen LogP contribution in [-0.4, -0.2) is 111 Å². The van der Waals surface area contributed by atoms with Crippen molar-refractivity contribution < 1.29 is 44.4 Å². The Morgan fingerprint density at radius 2 is 1.40 bits per heavy atom. The van der Waals surface area contributed by atoms with Crippen LogP contribution in [0.15, 0.2) is 0 Å². The van der Waals surface area contributed by atoms with Gasteiger partial charge in [-0.3, -0.25) is 19.2 Å². The zero-order valence-electron chi connectivity index (χ0n) is 20.1. The normalized spacial score (nSPS) is 19.9. The highest BCUT2D eigenvalue weighted by molar-refractivity contribution is 5.95. The molecule has 200 valence electrons. The Labute approximate surface area is 203 Å². The number of carbonyl (C=O) groups is 5. The maximum Gasteiger partial charge on any atom is 0.326 e. The molecule has 0 aliphatic carbocycles. The first-order valence-corrected chi connectivity index (χ1v) is 11.4. The van der Waals surface area contributed by atoms with E-state index in [1.165, 1.54) is 11.8 Å². The number of nitrogens with zero attached hydrogens (tertiary/aromatic N) is 1. The molecule has 1 aliphatic heterocycles. The van der Waals surface area contributed by atoms with E-state index in [1.807, 2.05) is 13.8 Å². The molecular formula is C21H37N5O9. The SMILES string of the molecule is CC(C)C[C@H](NC(=O)[C@H](CO)NC(=O)[C@H](CO)NC(=O)[C@@H](N)[C@@H](C)O)C(=O)N1CCC[C@H]1C(=O)O. The van der Waals surface area contributed by atoms with Gasteiger partial charge in [0.2, 0.25) is 23.6 Å². The summed E-state index contributed by atoms with van der Waals surface area (Å²) in [5.41, 5.74) is 5.49. The average molecular weight is 504 g/mol. The second kappa shape index (κ2) is 13.9. The van der Waals surface area contributed by atoms with E-state index in [0.29, 0.717) is 12.8 Å². The summed E-state index contributed by atoms with van der Waals surface area (Å²) in [5.74, 6) is -4.60. The van der Waals surface area contributed by atoms with Gasteiger partial charge in [0.1, 0.15) is 30.2 Å². The highest BCUT2D eigenvalue weighted by Crippen LogP contribution is 2.20. The number of hydrogen-bond acceptors (Lipinski definition) is 9. The van der Waals surface area contributed by atoms with Crippen molar-refractivity contribution in [2.24, 2.45) is 11.7 Å². The predicted octanol–water partition coefficient (Wildman–Crippen LogP) is -3.74. The summed E-state index contributed by atoms with van der Waals surface area (Å²) in [4.78, 5) is 63.0. The zero-order valence-corrected chi connectivity index (χ0v) is 20.1. The van der Waals surface area contributed by atoms with Gasteiger partial charge in [-0.2, -0.15) is 0 Å². The molecule has 1 heterocycles. The van der Waals surface area contributed by atoms with Crippen LogP contribution in [0.25, 0.3) is 0 Å². The number of nitrogens with one attached hydrogen (secondary N) is 3. The largest absolute Gasteiger partial charge is 0.480 e. The molecule has 1 aliphatic rings. The van der Waals surface area contributed by atoms with Crippen molar-refractivity contribution in [1.29, 1.82) is 0 Å². The van der Waals surface area contributed by atoms with Gasteiger partial charge >= 0.3 is 5.97 Å². The van der Waals surface area contributed by atoms with Gasteiger partial charge in [-0.15, -0.1) is 0 Å². The van der Waals surface area contributed by atoms with E-state index >= 15 is 0 Å². The fourth-order valence-corrected chi connectivity index (χ4v) is 3.60. The zero-order chi connectivity index (χ0) is 26.9. The van der Waals surface area contributed by atoms with E-state index in [4.69, 9.17) is 5.73 Å². The molecule has 0 radical (unpaired) electrons. The summed E-state index contributed by atoms with van der Waals surface area (Å²) >= 11 is 0. The van der Waals surface area contributed by atoms with Crippen molar-refractivity contribution in [3.8, 4) is 0 Å². The fraction of sp³-hybridized carbons (Fsp3) is 0.762. The Morgan fingerprint density at radius 1 is 0.914 bits per heavy atom. The summed E-state index contributed by atoms with van der Waals surface area (Å²) in [6.07, 6.45) is -0.231. The smallest absolute Gasteiger partial charge is 0.326 e. The van der Waals surface area contributed by atoms with Gasteiger partial charge in [0.05, 0.1) is 19.3 Å². The molecule has 0 aromatic rings. The van der Waals surface area contributed by atoms with Crippen molar-refractivity contribution in [2.75, 3.05) is 19.8 Å². The van der Waals surface area contributed by atoms with E-state index in [1.54, 1.807) is 0 Å². The third kappa shape index (κ3) is 8.72. The standard InChI is InChI=1S/C21H37N5O9/c1-10(2)7-12(20(33)26-6-4-5-15(26)21(34)35)23-17(30)13(8-27)24-18(31)14(9-28)25-19(32)16(22)11(3)29/h10-16,27-29H,4-9,22H2,1-3H3,(H,23,30)(H,24,31)(H,25,32)(H,34,35)/t11-,12+,13+,14+,15+,16+/m1/s1. The van der Waals surface area contributed by atoms with E-state index in [9.17, 15) is 44.4 Å². The number of nitrogens with two attached hydrogens (primary N) is 1. The molecule has 9 N–H and O–H groups in total. The van der Waals surface area contributed by atoms with E-state index in [0.717, 1.165) is 0 Å². The summed E-state index contributed by atoms with van der Waals surface area (Å²) in [6, 6.07) is -6.51. The number of amides is 4.